The van der Waals surface area contributed by atoms with Gasteiger partial charge in [-0.05, 0) is 24.2 Å². The number of halogens is 1. The van der Waals surface area contributed by atoms with E-state index < -0.39 is 5.97 Å². The zero-order valence-corrected chi connectivity index (χ0v) is 11.7. The van der Waals surface area contributed by atoms with E-state index in [2.05, 4.69) is 5.32 Å². The van der Waals surface area contributed by atoms with Gasteiger partial charge in [0.25, 0.3) is 5.03 Å². The van der Waals surface area contributed by atoms with Crippen LogP contribution in [0.4, 0.5) is 0 Å². The van der Waals surface area contributed by atoms with Crippen LogP contribution >= 0.6 is 24.2 Å². The Labute approximate surface area is 121 Å². The average molecular weight is 305 g/mol. The van der Waals surface area contributed by atoms with Gasteiger partial charge < -0.3 is 5.11 Å². The first-order chi connectivity index (χ1) is 8.63. The highest BCUT2D eigenvalue weighted by molar-refractivity contribution is 7.99. The summed E-state index contributed by atoms with van der Waals surface area (Å²) in [7, 11) is 0. The van der Waals surface area contributed by atoms with Crippen LogP contribution in [0.5, 0.6) is 0 Å². The summed E-state index contributed by atoms with van der Waals surface area (Å²) in [6.45, 7) is 0.259. The summed E-state index contributed by atoms with van der Waals surface area (Å²) < 4.78 is 0.968. The predicted octanol–water partition coefficient (Wildman–Crippen LogP) is 0.813. The molecule has 0 aromatic carbocycles. The van der Waals surface area contributed by atoms with Crippen LogP contribution < -0.4 is 10.0 Å². The molecule has 1 aromatic rings. The van der Waals surface area contributed by atoms with Gasteiger partial charge in [-0.1, -0.05) is 0 Å². The Balaban J connectivity index is 0.00000324. The number of carbonyl (C=O) groups is 1. The van der Waals surface area contributed by atoms with E-state index in [1.807, 2.05) is 6.07 Å². The molecule has 1 aromatic heterocycles. The molecule has 8 heteroatoms. The van der Waals surface area contributed by atoms with Gasteiger partial charge in [-0.15, -0.1) is 12.4 Å². The van der Waals surface area contributed by atoms with Crippen molar-refractivity contribution >= 4 is 30.1 Å². The van der Waals surface area contributed by atoms with Crippen molar-refractivity contribution in [3.63, 3.8) is 0 Å². The third kappa shape index (κ3) is 6.86. The Hall–Kier alpha value is -1.49. The van der Waals surface area contributed by atoms with Gasteiger partial charge in [0, 0.05) is 22.8 Å². The normalized spacial score (nSPS) is 9.42. The SMILES string of the molecule is Cl.N#CCNCSc1ccc(CCC(=O)O)c[n+]1O. The first-order valence-electron chi connectivity index (χ1n) is 5.29. The Morgan fingerprint density at radius 2 is 2.26 bits per heavy atom. The van der Waals surface area contributed by atoms with Gasteiger partial charge >= 0.3 is 5.97 Å². The molecule has 0 saturated carbocycles. The molecule has 0 atom stereocenters. The molecule has 104 valence electrons. The van der Waals surface area contributed by atoms with Crippen molar-refractivity contribution in [1.82, 2.24) is 5.32 Å². The highest BCUT2D eigenvalue weighted by Gasteiger charge is 2.12. The van der Waals surface area contributed by atoms with Crippen LogP contribution in [0.2, 0.25) is 0 Å². The lowest BCUT2D eigenvalue weighted by atomic mass is 10.2. The second-order valence-electron chi connectivity index (χ2n) is 3.49. The van der Waals surface area contributed by atoms with Gasteiger partial charge in [-0.25, -0.2) is 0 Å². The van der Waals surface area contributed by atoms with Crippen LogP contribution in [-0.4, -0.2) is 28.7 Å². The summed E-state index contributed by atoms with van der Waals surface area (Å²) in [5.41, 5.74) is 0.759. The summed E-state index contributed by atoms with van der Waals surface area (Å²) in [5, 5.41) is 30.0. The third-order valence-corrected chi connectivity index (χ3v) is 3.07. The van der Waals surface area contributed by atoms with E-state index >= 15 is 0 Å². The molecule has 0 aliphatic rings. The molecule has 0 saturated heterocycles. The molecule has 1 heterocycles. The van der Waals surface area contributed by atoms with Crippen molar-refractivity contribution in [3.8, 4) is 6.07 Å². The van der Waals surface area contributed by atoms with Crippen molar-refractivity contribution in [1.29, 1.82) is 5.26 Å². The number of rotatable bonds is 7. The Morgan fingerprint density at radius 3 is 2.84 bits per heavy atom. The van der Waals surface area contributed by atoms with E-state index in [-0.39, 0.29) is 25.4 Å². The maximum atomic E-state index is 10.4. The molecular formula is C11H15ClN3O3S+. The lowest BCUT2D eigenvalue weighted by Crippen LogP contribution is -2.33. The van der Waals surface area contributed by atoms with Crippen molar-refractivity contribution in [3.05, 3.63) is 23.9 Å². The van der Waals surface area contributed by atoms with Crippen molar-refractivity contribution in [2.24, 2.45) is 0 Å². The van der Waals surface area contributed by atoms with Crippen LogP contribution in [0, 0.1) is 11.3 Å². The minimum Gasteiger partial charge on any atom is -0.481 e. The minimum atomic E-state index is -0.862. The second-order valence-corrected chi connectivity index (χ2v) is 4.48. The quantitative estimate of drug-likeness (QED) is 0.172. The predicted molar refractivity (Wildman–Crippen MR) is 71.4 cm³/mol. The number of carboxylic acid groups (broad SMARTS) is 1. The molecular weight excluding hydrogens is 290 g/mol. The van der Waals surface area contributed by atoms with Crippen molar-refractivity contribution in [2.75, 3.05) is 12.4 Å². The number of pyridine rings is 1. The number of hydrogen-bond acceptors (Lipinski definition) is 5. The number of aromatic nitrogens is 1. The average Bonchev–Trinajstić information content (AvgIpc) is 2.34. The lowest BCUT2D eigenvalue weighted by Gasteiger charge is -2.00. The van der Waals surface area contributed by atoms with Crippen LogP contribution in [-0.2, 0) is 11.2 Å². The van der Waals surface area contributed by atoms with Gasteiger partial charge in [0.05, 0.1) is 18.5 Å². The second kappa shape index (κ2) is 9.44. The molecule has 0 aliphatic carbocycles. The zero-order valence-electron chi connectivity index (χ0n) is 10.1. The first kappa shape index (κ1) is 17.5. The highest BCUT2D eigenvalue weighted by atomic mass is 35.5. The van der Waals surface area contributed by atoms with E-state index in [0.29, 0.717) is 17.3 Å². The van der Waals surface area contributed by atoms with Crippen molar-refractivity contribution in [2.45, 2.75) is 17.9 Å². The van der Waals surface area contributed by atoms with Crippen LogP contribution in [0.1, 0.15) is 12.0 Å². The third-order valence-electron chi connectivity index (χ3n) is 2.11. The fourth-order valence-electron chi connectivity index (χ4n) is 1.26. The molecule has 3 N–H and O–H groups in total. The summed E-state index contributed by atoms with van der Waals surface area (Å²) in [6.07, 6.45) is 1.92. The number of carboxylic acids is 1. The van der Waals surface area contributed by atoms with E-state index in [9.17, 15) is 10.0 Å². The molecule has 19 heavy (non-hydrogen) atoms. The number of aliphatic carboxylic acids is 1. The van der Waals surface area contributed by atoms with E-state index in [1.54, 1.807) is 12.1 Å². The molecule has 0 aliphatic heterocycles. The number of hydrogen-bond donors (Lipinski definition) is 3. The summed E-state index contributed by atoms with van der Waals surface area (Å²) in [5.74, 6) is -0.346. The molecule has 1 rings (SSSR count). The zero-order chi connectivity index (χ0) is 13.4. The summed E-state index contributed by atoms with van der Waals surface area (Å²) in [4.78, 5) is 10.4. The number of nitriles is 1. The minimum absolute atomic E-state index is 0. The monoisotopic (exact) mass is 304 g/mol. The molecule has 0 bridgehead atoms. The Morgan fingerprint density at radius 1 is 1.53 bits per heavy atom. The fraction of sp³-hybridized carbons (Fsp3) is 0.364. The van der Waals surface area contributed by atoms with Crippen molar-refractivity contribution < 1.29 is 19.8 Å². The fourth-order valence-corrected chi connectivity index (χ4v) is 1.96. The molecule has 6 nitrogen and oxygen atoms in total. The summed E-state index contributed by atoms with van der Waals surface area (Å²) >= 11 is 1.35. The van der Waals surface area contributed by atoms with Gasteiger partial charge in [0.1, 0.15) is 0 Å². The number of aryl methyl sites for hydroxylation is 1. The standard InChI is InChI=1S/C11H13N3O3S.ClH/c12-5-6-13-8-18-10-3-1-9(7-14(10)17)2-4-11(15)16;/h1,3,7,13H,2,4,6,8H2,(H-,15,16,17);1H/p+1. The first-order valence-corrected chi connectivity index (χ1v) is 6.28. The Kier molecular flexibility index (Phi) is 8.70. The molecule has 0 unspecified atom stereocenters. The van der Waals surface area contributed by atoms with E-state index in [4.69, 9.17) is 10.4 Å². The van der Waals surface area contributed by atoms with Gasteiger partial charge in [-0.2, -0.15) is 5.26 Å². The highest BCUT2D eigenvalue weighted by Crippen LogP contribution is 2.12. The lowest BCUT2D eigenvalue weighted by molar-refractivity contribution is -0.932. The van der Waals surface area contributed by atoms with Crippen LogP contribution in [0.3, 0.4) is 0 Å². The molecule has 0 radical (unpaired) electrons. The van der Waals surface area contributed by atoms with Crippen LogP contribution in [0.25, 0.3) is 0 Å². The number of thioether (sulfide) groups is 1. The van der Waals surface area contributed by atoms with Gasteiger partial charge in [0.2, 0.25) is 6.20 Å². The van der Waals surface area contributed by atoms with Gasteiger partial charge in [-0.3, -0.25) is 15.3 Å². The van der Waals surface area contributed by atoms with Crippen LogP contribution in [0.15, 0.2) is 23.4 Å². The summed E-state index contributed by atoms with van der Waals surface area (Å²) in [6, 6.07) is 5.45. The van der Waals surface area contributed by atoms with E-state index in [0.717, 1.165) is 10.3 Å². The molecule has 0 amide bonds. The molecule has 0 fully saturated rings. The number of nitrogens with one attached hydrogen (secondary N) is 1. The van der Waals surface area contributed by atoms with E-state index in [1.165, 1.54) is 18.0 Å². The Bertz CT molecular complexity index is 465. The van der Waals surface area contributed by atoms with Gasteiger partial charge in [0.15, 0.2) is 0 Å². The number of nitrogens with zero attached hydrogens (tertiary/aromatic N) is 2. The smallest absolute Gasteiger partial charge is 0.303 e. The topological polar surface area (TPSA) is 97.2 Å². The largest absolute Gasteiger partial charge is 0.481 e. The molecule has 0 spiro atoms. The maximum Gasteiger partial charge on any atom is 0.303 e. The maximum absolute atomic E-state index is 10.4.